The molecule has 1 atom stereocenters. The number of carbonyl (C=O) groups excluding carboxylic acids is 1. The molecule has 1 amide bonds. The smallest absolute Gasteiger partial charge is 0.240 e. The highest BCUT2D eigenvalue weighted by molar-refractivity contribution is 5.86. The second-order valence-electron chi connectivity index (χ2n) is 4.83. The maximum Gasteiger partial charge on any atom is 0.240 e. The number of rotatable bonds is 5. The second-order valence-corrected chi connectivity index (χ2v) is 4.83. The Morgan fingerprint density at radius 2 is 2.50 bits per heavy atom. The predicted molar refractivity (Wildman–Crippen MR) is 71.2 cm³/mol. The van der Waals surface area contributed by atoms with Crippen LogP contribution >= 0.6 is 0 Å². The summed E-state index contributed by atoms with van der Waals surface area (Å²) in [5, 5.41) is 6.38. The highest BCUT2D eigenvalue weighted by atomic mass is 16.2. The predicted octanol–water partition coefficient (Wildman–Crippen LogP) is 1.27. The summed E-state index contributed by atoms with van der Waals surface area (Å²) >= 11 is 0. The quantitative estimate of drug-likeness (QED) is 0.824. The third kappa shape index (κ3) is 2.88. The first-order valence-electron chi connectivity index (χ1n) is 6.69. The summed E-state index contributed by atoms with van der Waals surface area (Å²) in [5.41, 5.74) is 0.831. The van der Waals surface area contributed by atoms with Gasteiger partial charge >= 0.3 is 0 Å². The first-order valence-corrected chi connectivity index (χ1v) is 6.69. The van der Waals surface area contributed by atoms with Gasteiger partial charge in [0.2, 0.25) is 5.91 Å². The van der Waals surface area contributed by atoms with E-state index in [1.54, 1.807) is 6.20 Å². The molecule has 0 bridgehead atoms. The summed E-state index contributed by atoms with van der Waals surface area (Å²) in [6, 6.07) is 3.95. The Balaban J connectivity index is 1.81. The van der Waals surface area contributed by atoms with Crippen molar-refractivity contribution in [3.63, 3.8) is 0 Å². The summed E-state index contributed by atoms with van der Waals surface area (Å²) < 4.78 is 0. The fourth-order valence-electron chi connectivity index (χ4n) is 2.50. The van der Waals surface area contributed by atoms with E-state index in [9.17, 15) is 4.79 Å². The molecule has 0 aliphatic carbocycles. The average Bonchev–Trinajstić information content (AvgIpc) is 2.90. The van der Waals surface area contributed by atoms with E-state index in [0.717, 1.165) is 37.8 Å². The van der Waals surface area contributed by atoms with Crippen molar-refractivity contribution in [3.8, 4) is 0 Å². The lowest BCUT2D eigenvalue weighted by Gasteiger charge is -2.26. The standard InChI is InChI=1S/C14H21N3O/c1-2-14(7-4-9-17-14)13(18)16-10-6-12-5-3-8-15-11-12/h3,5,8,11,17H,2,4,6-7,9-10H2,1H3,(H,16,18). The zero-order valence-corrected chi connectivity index (χ0v) is 10.9. The Morgan fingerprint density at radius 1 is 1.61 bits per heavy atom. The van der Waals surface area contributed by atoms with Gasteiger partial charge in [-0.3, -0.25) is 9.78 Å². The maximum atomic E-state index is 12.2. The van der Waals surface area contributed by atoms with E-state index in [-0.39, 0.29) is 11.4 Å². The van der Waals surface area contributed by atoms with Gasteiger partial charge in [-0.15, -0.1) is 0 Å². The first kappa shape index (κ1) is 13.0. The summed E-state index contributed by atoms with van der Waals surface area (Å²) in [6.45, 7) is 3.69. The molecule has 2 heterocycles. The fraction of sp³-hybridized carbons (Fsp3) is 0.571. The van der Waals surface area contributed by atoms with Gasteiger partial charge in [-0.25, -0.2) is 0 Å². The summed E-state index contributed by atoms with van der Waals surface area (Å²) in [5.74, 6) is 0.145. The van der Waals surface area contributed by atoms with Crippen molar-refractivity contribution < 1.29 is 4.79 Å². The molecule has 4 heteroatoms. The van der Waals surface area contributed by atoms with Crippen LogP contribution in [-0.4, -0.2) is 29.5 Å². The summed E-state index contributed by atoms with van der Waals surface area (Å²) in [4.78, 5) is 16.3. The van der Waals surface area contributed by atoms with E-state index in [0.29, 0.717) is 6.54 Å². The van der Waals surface area contributed by atoms with Gasteiger partial charge in [-0.2, -0.15) is 0 Å². The molecule has 18 heavy (non-hydrogen) atoms. The first-order chi connectivity index (χ1) is 8.77. The molecule has 0 radical (unpaired) electrons. The third-order valence-corrected chi connectivity index (χ3v) is 3.70. The minimum atomic E-state index is -0.324. The van der Waals surface area contributed by atoms with Crippen molar-refractivity contribution in [2.45, 2.75) is 38.1 Å². The van der Waals surface area contributed by atoms with Crippen LogP contribution in [0.5, 0.6) is 0 Å². The molecule has 2 N–H and O–H groups in total. The Morgan fingerprint density at radius 3 is 3.11 bits per heavy atom. The third-order valence-electron chi connectivity index (χ3n) is 3.70. The Kier molecular flexibility index (Phi) is 4.31. The van der Waals surface area contributed by atoms with Crippen molar-refractivity contribution in [3.05, 3.63) is 30.1 Å². The van der Waals surface area contributed by atoms with Crippen LogP contribution in [-0.2, 0) is 11.2 Å². The number of nitrogens with one attached hydrogen (secondary N) is 2. The van der Waals surface area contributed by atoms with Crippen molar-refractivity contribution in [1.82, 2.24) is 15.6 Å². The molecule has 0 aromatic carbocycles. The zero-order chi connectivity index (χ0) is 12.8. The topological polar surface area (TPSA) is 54.0 Å². The minimum absolute atomic E-state index is 0.145. The monoisotopic (exact) mass is 247 g/mol. The second kappa shape index (κ2) is 5.96. The van der Waals surface area contributed by atoms with E-state index in [1.165, 1.54) is 0 Å². The van der Waals surface area contributed by atoms with E-state index < -0.39 is 0 Å². The summed E-state index contributed by atoms with van der Waals surface area (Å²) in [6.07, 6.45) is 7.32. The Bertz CT molecular complexity index is 385. The molecule has 1 aliphatic rings. The van der Waals surface area contributed by atoms with E-state index in [4.69, 9.17) is 0 Å². The zero-order valence-electron chi connectivity index (χ0n) is 10.9. The van der Waals surface area contributed by atoms with Crippen LogP contribution in [0, 0.1) is 0 Å². The number of pyridine rings is 1. The fourth-order valence-corrected chi connectivity index (χ4v) is 2.50. The minimum Gasteiger partial charge on any atom is -0.354 e. The van der Waals surface area contributed by atoms with Gasteiger partial charge in [-0.1, -0.05) is 13.0 Å². The highest BCUT2D eigenvalue weighted by Gasteiger charge is 2.38. The van der Waals surface area contributed by atoms with Crippen LogP contribution in [0.15, 0.2) is 24.5 Å². The number of hydrogen-bond donors (Lipinski definition) is 2. The van der Waals surface area contributed by atoms with Crippen molar-refractivity contribution in [1.29, 1.82) is 0 Å². The number of carbonyl (C=O) groups is 1. The highest BCUT2D eigenvalue weighted by Crippen LogP contribution is 2.22. The van der Waals surface area contributed by atoms with Gasteiger partial charge in [0.15, 0.2) is 0 Å². The summed E-state index contributed by atoms with van der Waals surface area (Å²) in [7, 11) is 0. The van der Waals surface area contributed by atoms with E-state index in [1.807, 2.05) is 18.3 Å². The molecule has 4 nitrogen and oxygen atoms in total. The van der Waals surface area contributed by atoms with Gasteiger partial charge in [0.25, 0.3) is 0 Å². The Labute approximate surface area is 108 Å². The molecular weight excluding hydrogens is 226 g/mol. The lowest BCUT2D eigenvalue weighted by Crippen LogP contribution is -2.53. The number of amides is 1. The van der Waals surface area contributed by atoms with Gasteiger partial charge in [0, 0.05) is 18.9 Å². The van der Waals surface area contributed by atoms with Crippen molar-refractivity contribution >= 4 is 5.91 Å². The average molecular weight is 247 g/mol. The lowest BCUT2D eigenvalue weighted by molar-refractivity contribution is -0.127. The Hall–Kier alpha value is -1.42. The van der Waals surface area contributed by atoms with E-state index >= 15 is 0 Å². The van der Waals surface area contributed by atoms with E-state index in [2.05, 4.69) is 22.5 Å². The van der Waals surface area contributed by atoms with Gasteiger partial charge < -0.3 is 10.6 Å². The lowest BCUT2D eigenvalue weighted by atomic mass is 9.93. The molecular formula is C14H21N3O. The van der Waals surface area contributed by atoms with Gasteiger partial charge in [0.05, 0.1) is 5.54 Å². The molecule has 1 aliphatic heterocycles. The van der Waals surface area contributed by atoms with Crippen LogP contribution in [0.3, 0.4) is 0 Å². The maximum absolute atomic E-state index is 12.2. The number of aromatic nitrogens is 1. The molecule has 2 rings (SSSR count). The van der Waals surface area contributed by atoms with Gasteiger partial charge in [-0.05, 0) is 43.9 Å². The molecule has 1 unspecified atom stereocenters. The molecule has 1 aromatic rings. The van der Waals surface area contributed by atoms with Crippen molar-refractivity contribution in [2.24, 2.45) is 0 Å². The van der Waals surface area contributed by atoms with Crippen molar-refractivity contribution in [2.75, 3.05) is 13.1 Å². The van der Waals surface area contributed by atoms with Crippen LogP contribution in [0.4, 0.5) is 0 Å². The molecule has 1 fully saturated rings. The number of nitrogens with zero attached hydrogens (tertiary/aromatic N) is 1. The van der Waals surface area contributed by atoms with Crippen LogP contribution in [0.2, 0.25) is 0 Å². The van der Waals surface area contributed by atoms with Crippen LogP contribution < -0.4 is 10.6 Å². The molecule has 98 valence electrons. The largest absolute Gasteiger partial charge is 0.354 e. The molecule has 0 saturated carbocycles. The number of hydrogen-bond acceptors (Lipinski definition) is 3. The molecule has 1 saturated heterocycles. The normalized spacial score (nSPS) is 22.9. The van der Waals surface area contributed by atoms with Crippen LogP contribution in [0.25, 0.3) is 0 Å². The molecule has 1 aromatic heterocycles. The van der Waals surface area contributed by atoms with Crippen LogP contribution in [0.1, 0.15) is 31.7 Å². The SMILES string of the molecule is CCC1(C(=O)NCCc2cccnc2)CCCN1. The molecule has 0 spiro atoms. The van der Waals surface area contributed by atoms with Gasteiger partial charge in [0.1, 0.15) is 0 Å².